The Morgan fingerprint density at radius 1 is 1.05 bits per heavy atom. The van der Waals surface area contributed by atoms with Crippen LogP contribution in [0.1, 0.15) is 45.4 Å². The van der Waals surface area contributed by atoms with Crippen molar-refractivity contribution in [2.45, 2.75) is 45.4 Å². The van der Waals surface area contributed by atoms with E-state index in [2.05, 4.69) is 24.0 Å². The van der Waals surface area contributed by atoms with Crippen molar-refractivity contribution in [3.63, 3.8) is 0 Å². The van der Waals surface area contributed by atoms with Crippen molar-refractivity contribution >= 4 is 11.7 Å². The van der Waals surface area contributed by atoms with E-state index in [1.54, 1.807) is 0 Å². The van der Waals surface area contributed by atoms with Crippen molar-refractivity contribution in [1.29, 1.82) is 0 Å². The minimum atomic E-state index is -0.709. The minimum Gasteiger partial charge on any atom is -0.481 e. The fraction of sp³-hybridized carbons (Fsp3) is 0.562. The van der Waals surface area contributed by atoms with Gasteiger partial charge in [0.25, 0.3) is 0 Å². The monoisotopic (exact) mass is 263 g/mol. The smallest absolute Gasteiger partial charge is 0.303 e. The molecule has 0 radical (unpaired) electrons. The molecule has 0 aromatic heterocycles. The molecular formula is C16H25NO2. The van der Waals surface area contributed by atoms with Crippen LogP contribution in [0.15, 0.2) is 30.3 Å². The van der Waals surface area contributed by atoms with Crippen LogP contribution in [0, 0.1) is 0 Å². The van der Waals surface area contributed by atoms with Gasteiger partial charge in [-0.25, -0.2) is 0 Å². The zero-order valence-corrected chi connectivity index (χ0v) is 11.8. The predicted octanol–water partition coefficient (Wildman–Crippen LogP) is 3.94. The highest BCUT2D eigenvalue weighted by molar-refractivity contribution is 5.66. The quantitative estimate of drug-likeness (QED) is 0.650. The van der Waals surface area contributed by atoms with Crippen LogP contribution in [-0.2, 0) is 4.79 Å². The van der Waals surface area contributed by atoms with E-state index in [0.717, 1.165) is 13.1 Å². The molecule has 0 saturated carbocycles. The molecule has 3 nitrogen and oxygen atoms in total. The number of anilines is 1. The summed E-state index contributed by atoms with van der Waals surface area (Å²) in [7, 11) is 0. The minimum absolute atomic E-state index is 0.248. The van der Waals surface area contributed by atoms with Crippen LogP contribution >= 0.6 is 0 Å². The van der Waals surface area contributed by atoms with Crippen LogP contribution < -0.4 is 4.90 Å². The van der Waals surface area contributed by atoms with E-state index in [-0.39, 0.29) is 6.42 Å². The predicted molar refractivity (Wildman–Crippen MR) is 79.7 cm³/mol. The van der Waals surface area contributed by atoms with Gasteiger partial charge in [-0.2, -0.15) is 0 Å². The molecule has 1 rings (SSSR count). The summed E-state index contributed by atoms with van der Waals surface area (Å²) in [5.41, 5.74) is 1.20. The van der Waals surface area contributed by atoms with Crippen LogP contribution in [0.4, 0.5) is 5.69 Å². The third-order valence-corrected chi connectivity index (χ3v) is 3.22. The Balaban J connectivity index is 2.45. The molecule has 0 atom stereocenters. The maximum absolute atomic E-state index is 10.6. The van der Waals surface area contributed by atoms with Gasteiger partial charge < -0.3 is 10.0 Å². The lowest BCUT2D eigenvalue weighted by molar-refractivity contribution is -0.137. The van der Waals surface area contributed by atoms with Crippen LogP contribution in [0.2, 0.25) is 0 Å². The molecule has 0 aliphatic carbocycles. The summed E-state index contributed by atoms with van der Waals surface area (Å²) < 4.78 is 0. The number of rotatable bonds is 10. The summed E-state index contributed by atoms with van der Waals surface area (Å²) in [5.74, 6) is -0.709. The number of para-hydroxylation sites is 1. The van der Waals surface area contributed by atoms with Gasteiger partial charge in [0.2, 0.25) is 0 Å². The lowest BCUT2D eigenvalue weighted by Gasteiger charge is -2.24. The largest absolute Gasteiger partial charge is 0.481 e. The topological polar surface area (TPSA) is 40.5 Å². The number of nitrogens with zero attached hydrogens (tertiary/aromatic N) is 1. The molecule has 0 spiro atoms. The maximum Gasteiger partial charge on any atom is 0.303 e. The number of unbranched alkanes of at least 4 members (excludes halogenated alkanes) is 3. The molecule has 0 aliphatic heterocycles. The zero-order valence-electron chi connectivity index (χ0n) is 11.8. The second-order valence-electron chi connectivity index (χ2n) is 4.88. The zero-order chi connectivity index (χ0) is 13.9. The van der Waals surface area contributed by atoms with Crippen LogP contribution in [0.25, 0.3) is 0 Å². The Morgan fingerprint density at radius 2 is 1.74 bits per heavy atom. The first-order valence-electron chi connectivity index (χ1n) is 7.26. The van der Waals surface area contributed by atoms with Crippen molar-refractivity contribution in [1.82, 2.24) is 0 Å². The number of aliphatic carboxylic acids is 1. The fourth-order valence-electron chi connectivity index (χ4n) is 2.16. The molecule has 0 fully saturated rings. The Labute approximate surface area is 116 Å². The molecule has 0 aliphatic rings. The molecule has 0 bridgehead atoms. The van der Waals surface area contributed by atoms with E-state index in [1.807, 2.05) is 18.2 Å². The number of hydrogen-bond acceptors (Lipinski definition) is 2. The second kappa shape index (κ2) is 9.42. The van der Waals surface area contributed by atoms with E-state index in [4.69, 9.17) is 5.11 Å². The Bertz CT molecular complexity index is 351. The van der Waals surface area contributed by atoms with Gasteiger partial charge in [0.1, 0.15) is 0 Å². The molecule has 1 aromatic rings. The number of benzene rings is 1. The van der Waals surface area contributed by atoms with Gasteiger partial charge in [0.15, 0.2) is 0 Å². The molecule has 106 valence electrons. The van der Waals surface area contributed by atoms with E-state index < -0.39 is 5.97 Å². The average molecular weight is 263 g/mol. The normalized spacial score (nSPS) is 10.4. The first kappa shape index (κ1) is 15.5. The molecule has 0 heterocycles. The summed E-state index contributed by atoms with van der Waals surface area (Å²) in [5, 5.41) is 8.72. The molecule has 0 unspecified atom stereocenters. The molecule has 0 saturated heterocycles. The summed E-state index contributed by atoms with van der Waals surface area (Å²) in [6, 6.07) is 10.3. The van der Waals surface area contributed by atoms with Crippen LogP contribution in [0.3, 0.4) is 0 Å². The van der Waals surface area contributed by atoms with Gasteiger partial charge in [-0.3, -0.25) is 4.79 Å². The SMILES string of the molecule is CCCCCCN(CCCC(=O)O)c1ccccc1. The lowest BCUT2D eigenvalue weighted by atomic mass is 10.1. The molecule has 19 heavy (non-hydrogen) atoms. The molecule has 1 N–H and O–H groups in total. The van der Waals surface area contributed by atoms with Crippen LogP contribution in [0.5, 0.6) is 0 Å². The summed E-state index contributed by atoms with van der Waals surface area (Å²) in [6.45, 7) is 4.05. The van der Waals surface area contributed by atoms with Crippen molar-refractivity contribution in [3.8, 4) is 0 Å². The second-order valence-corrected chi connectivity index (χ2v) is 4.88. The third kappa shape index (κ3) is 6.85. The van der Waals surface area contributed by atoms with Crippen molar-refractivity contribution < 1.29 is 9.90 Å². The Hall–Kier alpha value is -1.51. The highest BCUT2D eigenvalue weighted by atomic mass is 16.4. The number of carbonyl (C=O) groups is 1. The summed E-state index contributed by atoms with van der Waals surface area (Å²) in [6.07, 6.45) is 5.90. The highest BCUT2D eigenvalue weighted by Crippen LogP contribution is 2.15. The third-order valence-electron chi connectivity index (χ3n) is 3.22. The van der Waals surface area contributed by atoms with Crippen molar-refractivity contribution in [3.05, 3.63) is 30.3 Å². The first-order valence-corrected chi connectivity index (χ1v) is 7.26. The lowest BCUT2D eigenvalue weighted by Crippen LogP contribution is -2.26. The molecular weight excluding hydrogens is 238 g/mol. The number of hydrogen-bond donors (Lipinski definition) is 1. The average Bonchev–Trinajstić information content (AvgIpc) is 2.42. The van der Waals surface area contributed by atoms with Gasteiger partial charge in [0, 0.05) is 25.2 Å². The molecule has 1 aromatic carbocycles. The molecule has 0 amide bonds. The number of carboxylic acids is 1. The molecule has 3 heteroatoms. The van der Waals surface area contributed by atoms with E-state index >= 15 is 0 Å². The standard InChI is InChI=1S/C16H25NO2/c1-2-3-4-8-13-17(14-9-12-16(18)19)15-10-6-5-7-11-15/h5-7,10-11H,2-4,8-9,12-14H2,1H3,(H,18,19). The van der Waals surface area contributed by atoms with Gasteiger partial charge in [-0.1, -0.05) is 44.4 Å². The summed E-state index contributed by atoms with van der Waals surface area (Å²) >= 11 is 0. The fourth-order valence-corrected chi connectivity index (χ4v) is 2.16. The van der Waals surface area contributed by atoms with E-state index in [1.165, 1.54) is 31.4 Å². The van der Waals surface area contributed by atoms with Gasteiger partial charge in [0.05, 0.1) is 0 Å². The van der Waals surface area contributed by atoms with Crippen molar-refractivity contribution in [2.75, 3.05) is 18.0 Å². The number of carboxylic acid groups (broad SMARTS) is 1. The Kier molecular flexibility index (Phi) is 7.71. The van der Waals surface area contributed by atoms with Gasteiger partial charge >= 0.3 is 5.97 Å². The van der Waals surface area contributed by atoms with Crippen molar-refractivity contribution in [2.24, 2.45) is 0 Å². The highest BCUT2D eigenvalue weighted by Gasteiger charge is 2.06. The maximum atomic E-state index is 10.6. The summed E-state index contributed by atoms with van der Waals surface area (Å²) in [4.78, 5) is 12.9. The van der Waals surface area contributed by atoms with Gasteiger partial charge in [-0.05, 0) is 25.0 Å². The van der Waals surface area contributed by atoms with Crippen LogP contribution in [-0.4, -0.2) is 24.2 Å². The Morgan fingerprint density at radius 3 is 2.37 bits per heavy atom. The van der Waals surface area contributed by atoms with Gasteiger partial charge in [-0.15, -0.1) is 0 Å². The van der Waals surface area contributed by atoms with E-state index in [9.17, 15) is 4.79 Å². The van der Waals surface area contributed by atoms with E-state index in [0.29, 0.717) is 6.42 Å². The first-order chi connectivity index (χ1) is 9.24.